The summed E-state index contributed by atoms with van der Waals surface area (Å²) in [6, 6.07) is 6.29. The van der Waals surface area contributed by atoms with Crippen LogP contribution in [0.15, 0.2) is 23.1 Å². The lowest BCUT2D eigenvalue weighted by atomic mass is 10.2. The van der Waals surface area contributed by atoms with E-state index in [1.807, 2.05) is 11.0 Å². The molecule has 0 saturated carbocycles. The summed E-state index contributed by atoms with van der Waals surface area (Å²) in [5.74, 6) is 1.07. The number of nitrogens with zero attached hydrogens (tertiary/aromatic N) is 1. The Kier molecular flexibility index (Phi) is 3.51. The molecule has 0 saturated heterocycles. The van der Waals surface area contributed by atoms with Crippen LogP contribution in [-0.4, -0.2) is 24.7 Å². The summed E-state index contributed by atoms with van der Waals surface area (Å²) in [7, 11) is 0. The van der Waals surface area contributed by atoms with E-state index in [0.29, 0.717) is 6.54 Å². The minimum Gasteiger partial charge on any atom is -0.330 e. The van der Waals surface area contributed by atoms with E-state index in [-0.39, 0.29) is 5.91 Å². The van der Waals surface area contributed by atoms with Gasteiger partial charge in [-0.15, -0.1) is 11.8 Å². The first-order valence-electron chi connectivity index (χ1n) is 5.46. The van der Waals surface area contributed by atoms with Crippen molar-refractivity contribution in [3.05, 3.63) is 23.8 Å². The van der Waals surface area contributed by atoms with Crippen molar-refractivity contribution in [3.8, 4) is 0 Å². The number of fused-ring (bicyclic) bond motifs is 1. The third-order valence-corrected chi connectivity index (χ3v) is 3.74. The van der Waals surface area contributed by atoms with Crippen LogP contribution in [0.5, 0.6) is 0 Å². The maximum atomic E-state index is 11.4. The molecule has 0 spiro atoms. The molecule has 0 aromatic heterocycles. The van der Waals surface area contributed by atoms with Crippen LogP contribution in [0.2, 0.25) is 0 Å². The maximum absolute atomic E-state index is 11.4. The van der Waals surface area contributed by atoms with Crippen LogP contribution in [0.1, 0.15) is 12.5 Å². The average molecular weight is 236 g/mol. The normalized spacial score (nSPS) is 14.0. The minimum atomic E-state index is 0.126. The quantitative estimate of drug-likeness (QED) is 0.812. The number of carbonyl (C=O) groups excluding carboxylic acids is 1. The number of amides is 1. The number of rotatable bonds is 3. The smallest absolute Gasteiger partial charge is 0.223 e. The third-order valence-electron chi connectivity index (χ3n) is 2.71. The number of hydrogen-bond acceptors (Lipinski definition) is 3. The van der Waals surface area contributed by atoms with Crippen molar-refractivity contribution in [2.45, 2.75) is 18.2 Å². The first-order valence-corrected chi connectivity index (χ1v) is 6.45. The van der Waals surface area contributed by atoms with Crippen LogP contribution in [0.3, 0.4) is 0 Å². The first kappa shape index (κ1) is 11.5. The summed E-state index contributed by atoms with van der Waals surface area (Å²) >= 11 is 1.77. The molecule has 1 aliphatic heterocycles. The number of thioether (sulfide) groups is 1. The lowest BCUT2D eigenvalue weighted by Gasteiger charge is -2.14. The Labute approximate surface area is 100.0 Å². The van der Waals surface area contributed by atoms with Gasteiger partial charge in [-0.3, -0.25) is 4.79 Å². The van der Waals surface area contributed by atoms with E-state index in [2.05, 4.69) is 12.1 Å². The monoisotopic (exact) mass is 236 g/mol. The van der Waals surface area contributed by atoms with E-state index >= 15 is 0 Å². The fraction of sp³-hybridized carbons (Fsp3) is 0.417. The van der Waals surface area contributed by atoms with Crippen molar-refractivity contribution in [3.63, 3.8) is 0 Å². The fourth-order valence-corrected chi connectivity index (χ4v) is 2.72. The van der Waals surface area contributed by atoms with Crippen molar-refractivity contribution in [1.29, 1.82) is 0 Å². The Hall–Kier alpha value is -1.00. The largest absolute Gasteiger partial charge is 0.330 e. The molecular formula is C12H16N2OS. The highest BCUT2D eigenvalue weighted by Gasteiger charge is 2.21. The van der Waals surface area contributed by atoms with E-state index in [1.165, 1.54) is 10.5 Å². The Morgan fingerprint density at radius 1 is 1.56 bits per heavy atom. The Bertz CT molecular complexity index is 406. The van der Waals surface area contributed by atoms with Crippen LogP contribution in [0.4, 0.5) is 5.69 Å². The fourth-order valence-electron chi connectivity index (χ4n) is 1.97. The van der Waals surface area contributed by atoms with Gasteiger partial charge in [-0.2, -0.15) is 0 Å². The third kappa shape index (κ3) is 2.23. The summed E-state index contributed by atoms with van der Waals surface area (Å²) in [6.07, 6.45) is 0.964. The molecule has 3 nitrogen and oxygen atoms in total. The molecule has 0 bridgehead atoms. The lowest BCUT2D eigenvalue weighted by molar-refractivity contribution is -0.116. The van der Waals surface area contributed by atoms with E-state index < -0.39 is 0 Å². The Balaban J connectivity index is 2.19. The SMILES string of the molecule is CC(=O)N1CCc2cc(SCCN)ccc21. The number of anilines is 1. The van der Waals surface area contributed by atoms with Gasteiger partial charge in [0.1, 0.15) is 0 Å². The standard InChI is InChI=1S/C12H16N2OS/c1-9(15)14-6-4-10-8-11(16-7-5-13)2-3-12(10)14/h2-3,8H,4-7,13H2,1H3. The molecule has 0 radical (unpaired) electrons. The topological polar surface area (TPSA) is 46.3 Å². The summed E-state index contributed by atoms with van der Waals surface area (Å²) in [4.78, 5) is 14.5. The van der Waals surface area contributed by atoms with Crippen molar-refractivity contribution in [2.75, 3.05) is 23.7 Å². The van der Waals surface area contributed by atoms with Gasteiger partial charge in [-0.05, 0) is 30.2 Å². The van der Waals surface area contributed by atoms with Gasteiger partial charge in [0.25, 0.3) is 0 Å². The van der Waals surface area contributed by atoms with Crippen molar-refractivity contribution in [2.24, 2.45) is 5.73 Å². The van der Waals surface area contributed by atoms with Gasteiger partial charge in [0.2, 0.25) is 5.91 Å². The van der Waals surface area contributed by atoms with Crippen molar-refractivity contribution < 1.29 is 4.79 Å². The molecule has 0 aliphatic carbocycles. The molecule has 1 aliphatic rings. The second-order valence-electron chi connectivity index (χ2n) is 3.85. The zero-order valence-corrected chi connectivity index (χ0v) is 10.2. The molecule has 2 N–H and O–H groups in total. The average Bonchev–Trinajstić information content (AvgIpc) is 2.69. The zero-order chi connectivity index (χ0) is 11.5. The van der Waals surface area contributed by atoms with Gasteiger partial charge < -0.3 is 10.6 Å². The minimum absolute atomic E-state index is 0.126. The van der Waals surface area contributed by atoms with Crippen LogP contribution in [-0.2, 0) is 11.2 Å². The number of carbonyl (C=O) groups is 1. The highest BCUT2D eigenvalue weighted by atomic mass is 32.2. The van der Waals surface area contributed by atoms with Gasteiger partial charge in [0.15, 0.2) is 0 Å². The Morgan fingerprint density at radius 3 is 3.06 bits per heavy atom. The summed E-state index contributed by atoms with van der Waals surface area (Å²) in [5, 5.41) is 0. The highest BCUT2D eigenvalue weighted by Crippen LogP contribution is 2.31. The number of hydrogen-bond donors (Lipinski definition) is 1. The molecule has 0 atom stereocenters. The second-order valence-corrected chi connectivity index (χ2v) is 5.02. The van der Waals surface area contributed by atoms with Crippen LogP contribution in [0, 0.1) is 0 Å². The highest BCUT2D eigenvalue weighted by molar-refractivity contribution is 7.99. The molecule has 1 heterocycles. The van der Waals surface area contributed by atoms with Gasteiger partial charge >= 0.3 is 0 Å². The Morgan fingerprint density at radius 2 is 2.38 bits per heavy atom. The number of benzene rings is 1. The van der Waals surface area contributed by atoms with Gasteiger partial charge in [0, 0.05) is 36.3 Å². The molecule has 1 aromatic carbocycles. The summed E-state index contributed by atoms with van der Waals surface area (Å²) in [5.41, 5.74) is 7.83. The number of nitrogens with two attached hydrogens (primary N) is 1. The molecule has 0 fully saturated rings. The second kappa shape index (κ2) is 4.89. The predicted molar refractivity (Wildman–Crippen MR) is 68.0 cm³/mol. The zero-order valence-electron chi connectivity index (χ0n) is 9.40. The van der Waals surface area contributed by atoms with Crippen molar-refractivity contribution >= 4 is 23.4 Å². The molecule has 1 amide bonds. The predicted octanol–water partition coefficient (Wildman–Crippen LogP) is 1.65. The first-order chi connectivity index (χ1) is 7.72. The van der Waals surface area contributed by atoms with Crippen LogP contribution >= 0.6 is 11.8 Å². The van der Waals surface area contributed by atoms with Crippen molar-refractivity contribution in [1.82, 2.24) is 0 Å². The van der Waals surface area contributed by atoms with E-state index in [9.17, 15) is 4.79 Å². The summed E-state index contributed by atoms with van der Waals surface area (Å²) in [6.45, 7) is 3.13. The molecule has 16 heavy (non-hydrogen) atoms. The lowest BCUT2D eigenvalue weighted by Crippen LogP contribution is -2.25. The molecule has 1 aromatic rings. The van der Waals surface area contributed by atoms with Gasteiger partial charge in [-0.1, -0.05) is 0 Å². The molecule has 0 unspecified atom stereocenters. The van der Waals surface area contributed by atoms with Gasteiger partial charge in [-0.25, -0.2) is 0 Å². The van der Waals surface area contributed by atoms with E-state index in [1.54, 1.807) is 18.7 Å². The molecule has 2 rings (SSSR count). The van der Waals surface area contributed by atoms with Crippen LogP contribution in [0.25, 0.3) is 0 Å². The van der Waals surface area contributed by atoms with Crippen LogP contribution < -0.4 is 10.6 Å². The maximum Gasteiger partial charge on any atom is 0.223 e. The van der Waals surface area contributed by atoms with Gasteiger partial charge in [0.05, 0.1) is 0 Å². The van der Waals surface area contributed by atoms with E-state index in [4.69, 9.17) is 5.73 Å². The summed E-state index contributed by atoms with van der Waals surface area (Å²) < 4.78 is 0. The molecule has 86 valence electrons. The molecular weight excluding hydrogens is 220 g/mol. The molecule has 4 heteroatoms. The van der Waals surface area contributed by atoms with E-state index in [0.717, 1.165) is 24.4 Å².